The number of benzene rings is 1. The van der Waals surface area contributed by atoms with E-state index in [4.69, 9.17) is 16.3 Å². The van der Waals surface area contributed by atoms with Gasteiger partial charge in [0.2, 0.25) is 0 Å². The fourth-order valence-corrected chi connectivity index (χ4v) is 3.34. The van der Waals surface area contributed by atoms with E-state index in [-0.39, 0.29) is 30.4 Å². The Hall–Kier alpha value is -1.14. The minimum absolute atomic E-state index is 0. The molecule has 1 aromatic heterocycles. The van der Waals surface area contributed by atoms with E-state index in [0.717, 1.165) is 60.3 Å². The molecular weight excluding hydrogens is 385 g/mol. The van der Waals surface area contributed by atoms with Crippen molar-refractivity contribution in [3.8, 4) is 5.75 Å². The van der Waals surface area contributed by atoms with Gasteiger partial charge in [-0.3, -0.25) is 10.1 Å². The quantitative estimate of drug-likeness (QED) is 0.569. The molecule has 0 atom stereocenters. The molecule has 2 N–H and O–H groups in total. The largest absolute Gasteiger partial charge is 0.496 e. The van der Waals surface area contributed by atoms with E-state index in [1.165, 1.54) is 0 Å². The van der Waals surface area contributed by atoms with E-state index in [1.54, 1.807) is 7.11 Å². The van der Waals surface area contributed by atoms with Crippen molar-refractivity contribution in [1.82, 2.24) is 10.3 Å². The molecular formula is C17H24Cl3N3O2. The number of hydrogen-bond donors (Lipinski definition) is 2. The van der Waals surface area contributed by atoms with Gasteiger partial charge < -0.3 is 14.6 Å². The number of halogens is 3. The molecule has 140 valence electrons. The molecule has 0 aliphatic carbocycles. The van der Waals surface area contributed by atoms with Crippen molar-refractivity contribution in [2.24, 2.45) is 0 Å². The van der Waals surface area contributed by atoms with Crippen molar-refractivity contribution in [2.45, 2.75) is 19.3 Å². The van der Waals surface area contributed by atoms with E-state index in [1.807, 2.05) is 18.2 Å². The number of ether oxygens (including phenoxy) is 1. The van der Waals surface area contributed by atoms with Gasteiger partial charge >= 0.3 is 0 Å². The number of H-pyrrole nitrogens is 1. The molecule has 1 aliphatic rings. The van der Waals surface area contributed by atoms with Crippen LogP contribution in [0, 0.1) is 0 Å². The van der Waals surface area contributed by atoms with Gasteiger partial charge in [-0.05, 0) is 37.9 Å². The summed E-state index contributed by atoms with van der Waals surface area (Å²) in [5, 5.41) is 4.40. The molecule has 0 saturated heterocycles. The highest BCUT2D eigenvalue weighted by molar-refractivity contribution is 6.17. The summed E-state index contributed by atoms with van der Waals surface area (Å²) in [6.45, 7) is 2.51. The summed E-state index contributed by atoms with van der Waals surface area (Å²) in [4.78, 5) is 17.7. The Labute approximate surface area is 164 Å². The third kappa shape index (κ3) is 4.53. The molecule has 0 bridgehead atoms. The molecule has 8 heteroatoms. The second-order valence-corrected chi connectivity index (χ2v) is 6.11. The predicted molar refractivity (Wildman–Crippen MR) is 109 cm³/mol. The van der Waals surface area contributed by atoms with Gasteiger partial charge in [0.1, 0.15) is 5.75 Å². The standard InChI is InChI=1S/C17H22ClN3O2.2ClH/c1-23-14-7-2-6-13-15(14)16-12(17(22)20-13)5-3-10-21(16)11-19-9-4-8-18;;/h2,6-7,19H,3-5,8-11H2,1H3,(H,20,22);2*1H. The molecule has 0 spiro atoms. The van der Waals surface area contributed by atoms with E-state index in [2.05, 4.69) is 15.2 Å². The number of nitrogens with zero attached hydrogens (tertiary/aromatic N) is 1. The molecule has 25 heavy (non-hydrogen) atoms. The van der Waals surface area contributed by atoms with Gasteiger partial charge in [0, 0.05) is 18.0 Å². The second-order valence-electron chi connectivity index (χ2n) is 5.73. The van der Waals surface area contributed by atoms with Gasteiger partial charge in [-0.2, -0.15) is 0 Å². The number of methoxy groups -OCH3 is 1. The van der Waals surface area contributed by atoms with Crippen LogP contribution in [0.25, 0.3) is 10.9 Å². The van der Waals surface area contributed by atoms with Crippen LogP contribution in [-0.4, -0.2) is 37.7 Å². The van der Waals surface area contributed by atoms with Crippen LogP contribution in [0.15, 0.2) is 23.0 Å². The Balaban J connectivity index is 0.00000156. The maximum Gasteiger partial charge on any atom is 0.253 e. The van der Waals surface area contributed by atoms with Crippen LogP contribution in [0.2, 0.25) is 0 Å². The number of aromatic nitrogens is 1. The Morgan fingerprint density at radius 1 is 1.36 bits per heavy atom. The lowest BCUT2D eigenvalue weighted by atomic mass is 9.99. The van der Waals surface area contributed by atoms with Crippen LogP contribution >= 0.6 is 36.4 Å². The summed E-state index contributed by atoms with van der Waals surface area (Å²) in [5.74, 6) is 1.45. The first-order valence-corrected chi connectivity index (χ1v) is 8.53. The van der Waals surface area contributed by atoms with Gasteiger partial charge in [0.05, 0.1) is 30.4 Å². The molecule has 0 unspecified atom stereocenters. The zero-order chi connectivity index (χ0) is 16.2. The first-order valence-electron chi connectivity index (χ1n) is 7.99. The summed E-state index contributed by atoms with van der Waals surface area (Å²) in [6.07, 6.45) is 2.71. The molecule has 0 saturated carbocycles. The Bertz CT molecular complexity index is 752. The predicted octanol–water partition coefficient (Wildman–Crippen LogP) is 3.31. The average molecular weight is 409 g/mol. The summed E-state index contributed by atoms with van der Waals surface area (Å²) in [6, 6.07) is 5.76. The lowest BCUT2D eigenvalue weighted by Gasteiger charge is -2.32. The van der Waals surface area contributed by atoms with E-state index in [9.17, 15) is 4.79 Å². The zero-order valence-corrected chi connectivity index (χ0v) is 16.5. The molecule has 0 radical (unpaired) electrons. The third-order valence-corrected chi connectivity index (χ3v) is 4.52. The van der Waals surface area contributed by atoms with E-state index >= 15 is 0 Å². The molecule has 1 aromatic carbocycles. The number of alkyl halides is 1. The number of nitrogens with one attached hydrogen (secondary N) is 2. The SMILES string of the molecule is COc1cccc2[nH]c(=O)c3c(c12)N(CNCCCCl)CCC3.Cl.Cl. The Morgan fingerprint density at radius 3 is 2.88 bits per heavy atom. The summed E-state index contributed by atoms with van der Waals surface area (Å²) in [5.41, 5.74) is 2.69. The number of pyridine rings is 1. The monoisotopic (exact) mass is 407 g/mol. The van der Waals surface area contributed by atoms with Crippen LogP contribution < -0.4 is 20.5 Å². The smallest absolute Gasteiger partial charge is 0.253 e. The van der Waals surface area contributed by atoms with Crippen molar-refractivity contribution < 1.29 is 4.74 Å². The minimum Gasteiger partial charge on any atom is -0.496 e. The first-order chi connectivity index (χ1) is 11.3. The van der Waals surface area contributed by atoms with Crippen LogP contribution in [-0.2, 0) is 6.42 Å². The number of fused-ring (bicyclic) bond motifs is 3. The topological polar surface area (TPSA) is 57.4 Å². The molecule has 5 nitrogen and oxygen atoms in total. The normalized spacial score (nSPS) is 13.0. The highest BCUT2D eigenvalue weighted by Crippen LogP contribution is 2.37. The fraction of sp³-hybridized carbons (Fsp3) is 0.471. The van der Waals surface area contributed by atoms with Crippen molar-refractivity contribution in [2.75, 3.05) is 37.6 Å². The van der Waals surface area contributed by atoms with Crippen LogP contribution in [0.4, 0.5) is 5.69 Å². The summed E-state index contributed by atoms with van der Waals surface area (Å²) >= 11 is 5.73. The summed E-state index contributed by atoms with van der Waals surface area (Å²) in [7, 11) is 1.66. The Morgan fingerprint density at radius 2 is 2.16 bits per heavy atom. The molecule has 1 aliphatic heterocycles. The summed E-state index contributed by atoms with van der Waals surface area (Å²) < 4.78 is 5.54. The van der Waals surface area contributed by atoms with Gasteiger partial charge in [-0.15, -0.1) is 36.4 Å². The van der Waals surface area contributed by atoms with E-state index in [0.29, 0.717) is 12.5 Å². The third-order valence-electron chi connectivity index (χ3n) is 4.25. The lowest BCUT2D eigenvalue weighted by molar-refractivity contribution is 0.419. The average Bonchev–Trinajstić information content (AvgIpc) is 2.58. The van der Waals surface area contributed by atoms with Crippen molar-refractivity contribution in [3.05, 3.63) is 34.1 Å². The van der Waals surface area contributed by atoms with Crippen molar-refractivity contribution >= 4 is 53.0 Å². The van der Waals surface area contributed by atoms with Crippen molar-refractivity contribution in [1.29, 1.82) is 0 Å². The number of aromatic amines is 1. The number of rotatable bonds is 6. The highest BCUT2D eigenvalue weighted by Gasteiger charge is 2.24. The van der Waals surface area contributed by atoms with Crippen molar-refractivity contribution in [3.63, 3.8) is 0 Å². The maximum absolute atomic E-state index is 12.4. The molecule has 3 rings (SSSR count). The number of hydrogen-bond acceptors (Lipinski definition) is 4. The molecule has 0 fully saturated rings. The second kappa shape index (κ2) is 10.1. The molecule has 0 amide bonds. The van der Waals surface area contributed by atoms with Gasteiger partial charge in [-0.25, -0.2) is 0 Å². The van der Waals surface area contributed by atoms with Gasteiger partial charge in [0.15, 0.2) is 0 Å². The lowest BCUT2D eigenvalue weighted by Crippen LogP contribution is -2.40. The van der Waals surface area contributed by atoms with Crippen LogP contribution in [0.5, 0.6) is 5.75 Å². The van der Waals surface area contributed by atoms with Gasteiger partial charge in [0.25, 0.3) is 5.56 Å². The highest BCUT2D eigenvalue weighted by atomic mass is 35.5. The fourth-order valence-electron chi connectivity index (χ4n) is 3.21. The number of anilines is 1. The Kier molecular flexibility index (Phi) is 8.86. The first kappa shape index (κ1) is 21.9. The van der Waals surface area contributed by atoms with Crippen LogP contribution in [0.1, 0.15) is 18.4 Å². The molecule has 2 aromatic rings. The molecule has 2 heterocycles. The van der Waals surface area contributed by atoms with E-state index < -0.39 is 0 Å². The zero-order valence-electron chi connectivity index (χ0n) is 14.1. The van der Waals surface area contributed by atoms with Gasteiger partial charge in [-0.1, -0.05) is 6.07 Å². The maximum atomic E-state index is 12.4. The van der Waals surface area contributed by atoms with Crippen LogP contribution in [0.3, 0.4) is 0 Å². The minimum atomic E-state index is 0.